The molecule has 0 radical (unpaired) electrons. The quantitative estimate of drug-likeness (QED) is 0.0440. The van der Waals surface area contributed by atoms with E-state index in [9.17, 15) is 39.6 Å². The standard InChI is InChI=1S/C66H124O8/c1-5-9-11-13-15-17-19-21-23-25-27-29-31-41-55-65(56-42-32-30-28-26-24-22-20-18-16-14-12-10-6-2)63(7-3,8-4)51-39-33-34-40-52-64(53-43-35-47-59(67)68,54-44-36-48-60(69)70)66(65,57-45-37-49-61(71)72)58-46-38-50-62(73)74/h5-58H2,1-4H3,(H,67,68)(H,69,70)(H,71,72)(H,73,74). The molecule has 4 N–H and O–H groups in total. The number of rotatable bonds is 52. The number of carboxylic acid groups (broad SMARTS) is 4. The highest BCUT2D eigenvalue weighted by molar-refractivity contribution is 5.67. The van der Waals surface area contributed by atoms with Gasteiger partial charge in [-0.1, -0.05) is 259 Å². The zero-order valence-electron chi connectivity index (χ0n) is 49.6. The molecule has 0 bridgehead atoms. The Balaban J connectivity index is 3.97. The number of aliphatic carboxylic acids is 4. The number of carboxylic acids is 4. The summed E-state index contributed by atoms with van der Waals surface area (Å²) in [4.78, 5) is 48.8. The average Bonchev–Trinajstić information content (AvgIpc) is 3.37. The van der Waals surface area contributed by atoms with Crippen LogP contribution in [0.1, 0.15) is 374 Å². The lowest BCUT2D eigenvalue weighted by molar-refractivity contribution is -0.204. The third-order valence-electron chi connectivity index (χ3n) is 19.4. The van der Waals surface area contributed by atoms with Crippen molar-refractivity contribution in [2.75, 3.05) is 0 Å². The molecule has 0 heterocycles. The zero-order chi connectivity index (χ0) is 54.5. The van der Waals surface area contributed by atoms with Gasteiger partial charge in [-0.05, 0) is 112 Å². The normalized spacial score (nSPS) is 16.3. The SMILES string of the molecule is CCCCCCCCCCCCCCCCC1(CCCCCCCCCCCCCCCC)C(CC)(CC)CCCCCCC(CCCCC(=O)O)(CCCCC(=O)O)C1(CCCCC(=O)O)CCCCC(=O)O. The average molecular weight is 1050 g/mol. The molecule has 0 amide bonds. The second-order valence-electron chi connectivity index (χ2n) is 24.4. The van der Waals surface area contributed by atoms with Crippen LogP contribution >= 0.6 is 0 Å². The van der Waals surface area contributed by atoms with Crippen molar-refractivity contribution in [2.24, 2.45) is 21.7 Å². The smallest absolute Gasteiger partial charge is 0.303 e. The first kappa shape index (κ1) is 69.9. The van der Waals surface area contributed by atoms with Crippen LogP contribution in [0.2, 0.25) is 0 Å². The van der Waals surface area contributed by atoms with Gasteiger partial charge in [-0.25, -0.2) is 0 Å². The lowest BCUT2D eigenvalue weighted by Crippen LogP contribution is -2.61. The van der Waals surface area contributed by atoms with Crippen LogP contribution in [0, 0.1) is 21.7 Å². The Morgan fingerprint density at radius 2 is 0.486 bits per heavy atom. The van der Waals surface area contributed by atoms with E-state index in [1.54, 1.807) is 0 Å². The Labute approximate surface area is 457 Å². The van der Waals surface area contributed by atoms with Gasteiger partial charge < -0.3 is 20.4 Å². The van der Waals surface area contributed by atoms with Gasteiger partial charge >= 0.3 is 23.9 Å². The van der Waals surface area contributed by atoms with Crippen molar-refractivity contribution >= 4 is 23.9 Å². The maximum Gasteiger partial charge on any atom is 0.303 e. The molecule has 0 saturated heterocycles. The topological polar surface area (TPSA) is 149 Å². The van der Waals surface area contributed by atoms with Gasteiger partial charge in [0.15, 0.2) is 0 Å². The van der Waals surface area contributed by atoms with Crippen LogP contribution in [0.5, 0.6) is 0 Å². The Bertz CT molecular complexity index is 1290. The Morgan fingerprint density at radius 1 is 0.270 bits per heavy atom. The highest BCUT2D eigenvalue weighted by Gasteiger charge is 2.65. The first-order valence-electron chi connectivity index (χ1n) is 32.7. The second-order valence-corrected chi connectivity index (χ2v) is 24.4. The van der Waals surface area contributed by atoms with Gasteiger partial charge in [-0.3, -0.25) is 19.2 Å². The lowest BCUT2D eigenvalue weighted by atomic mass is 9.35. The van der Waals surface area contributed by atoms with Crippen molar-refractivity contribution < 1.29 is 39.6 Å². The van der Waals surface area contributed by atoms with E-state index >= 15 is 0 Å². The predicted octanol–water partition coefficient (Wildman–Crippen LogP) is 21.4. The zero-order valence-corrected chi connectivity index (χ0v) is 49.6. The van der Waals surface area contributed by atoms with Crippen molar-refractivity contribution in [3.8, 4) is 0 Å². The van der Waals surface area contributed by atoms with E-state index in [2.05, 4.69) is 27.7 Å². The van der Waals surface area contributed by atoms with Crippen LogP contribution in [-0.2, 0) is 19.2 Å². The van der Waals surface area contributed by atoms with Gasteiger partial charge in [0, 0.05) is 25.7 Å². The first-order valence-corrected chi connectivity index (χ1v) is 32.7. The molecule has 8 nitrogen and oxygen atoms in total. The molecule has 1 rings (SSSR count). The molecule has 0 aromatic heterocycles. The Kier molecular flexibility index (Phi) is 42.3. The molecule has 0 aromatic rings. The van der Waals surface area contributed by atoms with Gasteiger partial charge in [-0.2, -0.15) is 0 Å². The number of unbranched alkanes of at least 4 members (excludes halogenated alkanes) is 30. The third-order valence-corrected chi connectivity index (χ3v) is 19.4. The number of carbonyl (C=O) groups is 4. The fraction of sp³-hybridized carbons (Fsp3) is 0.939. The molecule has 8 heteroatoms. The minimum atomic E-state index is -0.763. The van der Waals surface area contributed by atoms with Gasteiger partial charge in [0.2, 0.25) is 0 Å². The van der Waals surface area contributed by atoms with E-state index in [0.29, 0.717) is 25.7 Å². The maximum atomic E-state index is 12.3. The van der Waals surface area contributed by atoms with Crippen molar-refractivity contribution in [2.45, 2.75) is 374 Å². The largest absolute Gasteiger partial charge is 0.481 e. The molecule has 0 spiro atoms. The molecule has 0 aliphatic heterocycles. The summed E-state index contributed by atoms with van der Waals surface area (Å²) in [7, 11) is 0. The van der Waals surface area contributed by atoms with Crippen LogP contribution in [0.4, 0.5) is 0 Å². The predicted molar refractivity (Wildman–Crippen MR) is 312 cm³/mol. The van der Waals surface area contributed by atoms with Crippen molar-refractivity contribution in [1.82, 2.24) is 0 Å². The minimum absolute atomic E-state index is 0.0321. The maximum absolute atomic E-state index is 12.3. The summed E-state index contributed by atoms with van der Waals surface area (Å²) in [5.41, 5.74) is -0.527. The third kappa shape index (κ3) is 28.5. The number of hydrogen-bond donors (Lipinski definition) is 4. The van der Waals surface area contributed by atoms with Crippen molar-refractivity contribution in [3.05, 3.63) is 0 Å². The minimum Gasteiger partial charge on any atom is -0.481 e. The van der Waals surface area contributed by atoms with Crippen LogP contribution in [-0.4, -0.2) is 44.3 Å². The number of hydrogen-bond acceptors (Lipinski definition) is 4. The fourth-order valence-corrected chi connectivity index (χ4v) is 15.3. The summed E-state index contributed by atoms with van der Waals surface area (Å²) < 4.78 is 0. The summed E-state index contributed by atoms with van der Waals surface area (Å²) in [5.74, 6) is -3.04. The van der Waals surface area contributed by atoms with E-state index in [1.165, 1.54) is 186 Å². The highest BCUT2D eigenvalue weighted by atomic mass is 16.4. The molecule has 0 unspecified atom stereocenters. The summed E-state index contributed by atoms with van der Waals surface area (Å²) in [5, 5.41) is 40.0. The molecule has 0 aromatic carbocycles. The molecule has 0 atom stereocenters. The summed E-state index contributed by atoms with van der Waals surface area (Å²) in [6.45, 7) is 9.52. The fourth-order valence-electron chi connectivity index (χ4n) is 15.3. The molecule has 74 heavy (non-hydrogen) atoms. The van der Waals surface area contributed by atoms with E-state index in [0.717, 1.165) is 109 Å². The highest BCUT2D eigenvalue weighted by Crippen LogP contribution is 2.74. The van der Waals surface area contributed by atoms with Crippen LogP contribution in [0.15, 0.2) is 0 Å². The van der Waals surface area contributed by atoms with Gasteiger partial charge in [0.05, 0.1) is 0 Å². The van der Waals surface area contributed by atoms with Crippen molar-refractivity contribution in [1.29, 1.82) is 0 Å². The Hall–Kier alpha value is -2.12. The van der Waals surface area contributed by atoms with Gasteiger partial charge in [-0.15, -0.1) is 0 Å². The Morgan fingerprint density at radius 3 is 0.743 bits per heavy atom. The lowest BCUT2D eigenvalue weighted by Gasteiger charge is -2.69. The van der Waals surface area contributed by atoms with E-state index in [-0.39, 0.29) is 47.3 Å². The van der Waals surface area contributed by atoms with Crippen LogP contribution < -0.4 is 0 Å². The van der Waals surface area contributed by atoms with Crippen molar-refractivity contribution in [3.63, 3.8) is 0 Å². The second kappa shape index (κ2) is 44.8. The molecule has 436 valence electrons. The molecule has 1 aliphatic rings. The van der Waals surface area contributed by atoms with E-state index in [4.69, 9.17) is 0 Å². The summed E-state index contributed by atoms with van der Waals surface area (Å²) >= 11 is 0. The van der Waals surface area contributed by atoms with Gasteiger partial charge in [0.1, 0.15) is 0 Å². The molecule has 1 aliphatic carbocycles. The monoisotopic (exact) mass is 1040 g/mol. The first-order chi connectivity index (χ1) is 35.9. The van der Waals surface area contributed by atoms with E-state index in [1.807, 2.05) is 0 Å². The summed E-state index contributed by atoms with van der Waals surface area (Å²) in [6.07, 6.45) is 57.9. The molecular weight excluding hydrogens is 921 g/mol. The van der Waals surface area contributed by atoms with Gasteiger partial charge in [0.25, 0.3) is 0 Å². The molecule has 1 saturated carbocycles. The van der Waals surface area contributed by atoms with Crippen LogP contribution in [0.3, 0.4) is 0 Å². The van der Waals surface area contributed by atoms with E-state index < -0.39 is 23.9 Å². The molecule has 1 fully saturated rings. The molecular formula is C66H124O8. The summed E-state index contributed by atoms with van der Waals surface area (Å²) in [6, 6.07) is 0. The van der Waals surface area contributed by atoms with Crippen LogP contribution in [0.25, 0.3) is 0 Å².